The van der Waals surface area contributed by atoms with Gasteiger partial charge in [0.1, 0.15) is 30.3 Å². The van der Waals surface area contributed by atoms with Gasteiger partial charge < -0.3 is 43.0 Å². The van der Waals surface area contributed by atoms with Gasteiger partial charge in [0.15, 0.2) is 0 Å². The van der Waals surface area contributed by atoms with Gasteiger partial charge in [-0.3, -0.25) is 0 Å². The van der Waals surface area contributed by atoms with E-state index in [1.165, 1.54) is 0 Å². The first-order valence-corrected chi connectivity index (χ1v) is 16.5. The molecule has 49 heavy (non-hydrogen) atoms. The zero-order valence-electron chi connectivity index (χ0n) is 29.0. The van der Waals surface area contributed by atoms with Gasteiger partial charge in [0, 0.05) is 14.2 Å². The quantitative estimate of drug-likeness (QED) is 0.0863. The average molecular weight is 677 g/mol. The third kappa shape index (κ3) is 11.8. The molecule has 4 rings (SSSR count). The number of aryl methyl sites for hydroxylation is 2. The Morgan fingerprint density at radius 1 is 0.531 bits per heavy atom. The molecule has 0 aliphatic carbocycles. The summed E-state index contributed by atoms with van der Waals surface area (Å²) in [6.07, 6.45) is 0. The predicted octanol–water partition coefficient (Wildman–Crippen LogP) is 6.61. The van der Waals surface area contributed by atoms with Crippen molar-refractivity contribution in [2.24, 2.45) is 0 Å². The van der Waals surface area contributed by atoms with Crippen molar-refractivity contribution < 1.29 is 47.8 Å². The van der Waals surface area contributed by atoms with Crippen molar-refractivity contribution in [3.63, 3.8) is 0 Å². The minimum Gasteiger partial charge on any atom is -0.491 e. The van der Waals surface area contributed by atoms with Crippen LogP contribution in [-0.2, 0) is 28.4 Å². The molecule has 0 amide bonds. The van der Waals surface area contributed by atoms with E-state index >= 15 is 0 Å². The van der Waals surface area contributed by atoms with Gasteiger partial charge in [0.05, 0.1) is 66.1 Å². The maximum Gasteiger partial charge on any atom is 0.339 e. The zero-order chi connectivity index (χ0) is 34.8. The number of carbonyl (C=O) groups is 1. The number of hydrogen-bond donors (Lipinski definition) is 1. The van der Waals surface area contributed by atoms with Crippen molar-refractivity contribution in [2.45, 2.75) is 13.8 Å². The SMILES string of the molecule is COCCOCCOCCOc1ccc(-c2cc(C)cc3c(-c4ccc(OCCOCCOCCOC)c(C(=O)O)c4)cc(C)cc23)cc1. The van der Waals surface area contributed by atoms with Crippen LogP contribution in [0.2, 0.25) is 0 Å². The topological polar surface area (TPSA) is 111 Å². The Balaban J connectivity index is 1.45. The first-order chi connectivity index (χ1) is 23.9. The van der Waals surface area contributed by atoms with Gasteiger partial charge in [-0.1, -0.05) is 42.5 Å². The van der Waals surface area contributed by atoms with Crippen molar-refractivity contribution in [3.8, 4) is 33.8 Å². The van der Waals surface area contributed by atoms with Crippen molar-refractivity contribution >= 4 is 16.7 Å². The Labute approximate surface area is 288 Å². The van der Waals surface area contributed by atoms with Crippen LogP contribution in [-0.4, -0.2) is 105 Å². The number of fused-ring (bicyclic) bond motifs is 1. The smallest absolute Gasteiger partial charge is 0.339 e. The highest BCUT2D eigenvalue weighted by atomic mass is 16.6. The van der Waals surface area contributed by atoms with Crippen LogP contribution in [0.25, 0.3) is 33.0 Å². The Morgan fingerprint density at radius 3 is 1.49 bits per heavy atom. The van der Waals surface area contributed by atoms with Gasteiger partial charge >= 0.3 is 5.97 Å². The van der Waals surface area contributed by atoms with Gasteiger partial charge in [-0.25, -0.2) is 4.79 Å². The van der Waals surface area contributed by atoms with E-state index in [-0.39, 0.29) is 12.2 Å². The van der Waals surface area contributed by atoms with E-state index in [1.54, 1.807) is 26.4 Å². The molecule has 10 nitrogen and oxygen atoms in total. The lowest BCUT2D eigenvalue weighted by molar-refractivity contribution is 0.0178. The lowest BCUT2D eigenvalue weighted by Crippen LogP contribution is -2.13. The van der Waals surface area contributed by atoms with Crippen LogP contribution in [0.3, 0.4) is 0 Å². The lowest BCUT2D eigenvalue weighted by Gasteiger charge is -2.16. The summed E-state index contributed by atoms with van der Waals surface area (Å²) in [6, 6.07) is 22.0. The molecule has 0 aliphatic rings. The Bertz CT molecular complexity index is 1600. The fourth-order valence-corrected chi connectivity index (χ4v) is 5.31. The standard InChI is InChI=1S/C39H48O10/c1-28-23-33(30-5-8-32(9-6-30)48-21-19-46-17-15-44-13-11-42-3)35-25-29(2)24-34(36(35)26-28)31-7-10-38(37(27-31)39(40)41)49-22-20-47-18-16-45-14-12-43-4/h5-10,23-27H,11-22H2,1-4H3,(H,40,41). The van der Waals surface area contributed by atoms with Crippen molar-refractivity contribution in [3.05, 3.63) is 83.4 Å². The fourth-order valence-electron chi connectivity index (χ4n) is 5.31. The molecular formula is C39H48O10. The Hall–Kier alpha value is -4.03. The average Bonchev–Trinajstić information content (AvgIpc) is 3.10. The summed E-state index contributed by atoms with van der Waals surface area (Å²) in [5.41, 5.74) is 6.16. The molecule has 0 atom stereocenters. The maximum atomic E-state index is 12.3. The summed E-state index contributed by atoms with van der Waals surface area (Å²) >= 11 is 0. The van der Waals surface area contributed by atoms with Gasteiger partial charge in [0.2, 0.25) is 0 Å². The molecule has 0 saturated carbocycles. The van der Waals surface area contributed by atoms with Crippen LogP contribution in [0.1, 0.15) is 21.5 Å². The molecule has 0 fully saturated rings. The largest absolute Gasteiger partial charge is 0.491 e. The van der Waals surface area contributed by atoms with Crippen LogP contribution >= 0.6 is 0 Å². The van der Waals surface area contributed by atoms with Gasteiger partial charge in [-0.05, 0) is 82.3 Å². The van der Waals surface area contributed by atoms with Crippen LogP contribution in [0.15, 0.2) is 66.7 Å². The minimum absolute atomic E-state index is 0.0966. The number of ether oxygens (including phenoxy) is 8. The van der Waals surface area contributed by atoms with Crippen molar-refractivity contribution in [1.29, 1.82) is 0 Å². The van der Waals surface area contributed by atoms with E-state index in [0.717, 1.165) is 49.9 Å². The second kappa shape index (κ2) is 20.5. The molecule has 264 valence electrons. The van der Waals surface area contributed by atoms with Gasteiger partial charge in [0.25, 0.3) is 0 Å². The highest BCUT2D eigenvalue weighted by molar-refractivity contribution is 6.06. The number of hydrogen-bond acceptors (Lipinski definition) is 9. The molecule has 1 N–H and O–H groups in total. The molecule has 4 aromatic rings. The molecule has 0 heterocycles. The minimum atomic E-state index is -1.06. The van der Waals surface area contributed by atoms with E-state index in [0.29, 0.717) is 78.4 Å². The number of rotatable bonds is 23. The highest BCUT2D eigenvalue weighted by Gasteiger charge is 2.17. The predicted molar refractivity (Wildman–Crippen MR) is 189 cm³/mol. The normalized spacial score (nSPS) is 11.3. The maximum absolute atomic E-state index is 12.3. The van der Waals surface area contributed by atoms with Crippen molar-refractivity contribution in [2.75, 3.05) is 93.5 Å². The zero-order valence-corrected chi connectivity index (χ0v) is 29.0. The van der Waals surface area contributed by atoms with E-state index in [4.69, 9.17) is 37.9 Å². The second-order valence-electron chi connectivity index (χ2n) is 11.4. The second-order valence-corrected chi connectivity index (χ2v) is 11.4. The van der Waals surface area contributed by atoms with E-state index in [2.05, 4.69) is 50.2 Å². The van der Waals surface area contributed by atoms with Crippen LogP contribution in [0, 0.1) is 13.8 Å². The molecule has 10 heteroatoms. The summed E-state index contributed by atoms with van der Waals surface area (Å²) in [5, 5.41) is 12.2. The summed E-state index contributed by atoms with van der Waals surface area (Å²) in [6.45, 7) is 9.62. The fraction of sp³-hybridized carbons (Fsp3) is 0.410. The molecule has 4 aromatic carbocycles. The molecule has 0 spiro atoms. The summed E-state index contributed by atoms with van der Waals surface area (Å²) in [7, 11) is 3.27. The summed E-state index contributed by atoms with van der Waals surface area (Å²) < 4.78 is 43.5. The molecule has 0 unspecified atom stereocenters. The molecule has 0 aliphatic heterocycles. The molecule has 0 aromatic heterocycles. The first-order valence-electron chi connectivity index (χ1n) is 16.5. The lowest BCUT2D eigenvalue weighted by atomic mass is 9.89. The van der Waals surface area contributed by atoms with E-state index in [9.17, 15) is 9.90 Å². The third-order valence-corrected chi connectivity index (χ3v) is 7.63. The van der Waals surface area contributed by atoms with Gasteiger partial charge in [-0.2, -0.15) is 0 Å². The number of benzene rings is 4. The highest BCUT2D eigenvalue weighted by Crippen LogP contribution is 2.38. The molecule has 0 radical (unpaired) electrons. The molecule has 0 bridgehead atoms. The monoisotopic (exact) mass is 676 g/mol. The van der Waals surface area contributed by atoms with Crippen LogP contribution < -0.4 is 9.47 Å². The third-order valence-electron chi connectivity index (χ3n) is 7.63. The number of carboxylic acid groups (broad SMARTS) is 1. The van der Waals surface area contributed by atoms with E-state index < -0.39 is 5.97 Å². The summed E-state index contributed by atoms with van der Waals surface area (Å²) in [5.74, 6) is 0.00406. The van der Waals surface area contributed by atoms with Crippen molar-refractivity contribution in [1.82, 2.24) is 0 Å². The number of carboxylic acids is 1. The summed E-state index contributed by atoms with van der Waals surface area (Å²) in [4.78, 5) is 12.3. The van der Waals surface area contributed by atoms with E-state index in [1.807, 2.05) is 18.2 Å². The van der Waals surface area contributed by atoms with Crippen LogP contribution in [0.4, 0.5) is 0 Å². The Kier molecular flexibility index (Phi) is 15.8. The number of aromatic carboxylic acids is 1. The number of methoxy groups -OCH3 is 2. The molecule has 0 saturated heterocycles. The first kappa shape index (κ1) is 37.8. The molecular weight excluding hydrogens is 628 g/mol. The Morgan fingerprint density at radius 2 is 0.980 bits per heavy atom. The van der Waals surface area contributed by atoms with Crippen LogP contribution in [0.5, 0.6) is 11.5 Å². The van der Waals surface area contributed by atoms with Gasteiger partial charge in [-0.15, -0.1) is 0 Å².